The van der Waals surface area contributed by atoms with Crippen LogP contribution in [0.4, 0.5) is 0 Å². The third-order valence-corrected chi connectivity index (χ3v) is 5.98. The molecule has 1 fully saturated rings. The zero-order valence-electron chi connectivity index (χ0n) is 18.3. The number of amides is 1. The number of piperidine rings is 1. The maximum Gasteiger partial charge on any atom is 0.345 e. The van der Waals surface area contributed by atoms with E-state index in [4.69, 9.17) is 9.47 Å². The summed E-state index contributed by atoms with van der Waals surface area (Å²) in [6.07, 6.45) is 1.56. The third kappa shape index (κ3) is 4.10. The van der Waals surface area contributed by atoms with Crippen molar-refractivity contribution in [3.63, 3.8) is 0 Å². The number of nitrogens with one attached hydrogen (secondary N) is 1. The first-order valence-electron chi connectivity index (χ1n) is 10.7. The lowest BCUT2D eigenvalue weighted by Gasteiger charge is -2.31. The minimum absolute atomic E-state index is 0.00729. The van der Waals surface area contributed by atoms with Crippen molar-refractivity contribution in [1.29, 1.82) is 0 Å². The second-order valence-electron chi connectivity index (χ2n) is 7.80. The minimum atomic E-state index is -0.0958. The van der Waals surface area contributed by atoms with Gasteiger partial charge in [0.1, 0.15) is 17.3 Å². The Hall–Kier alpha value is -3.07. The molecule has 1 aliphatic rings. The second kappa shape index (κ2) is 8.97. The Labute approximate surface area is 180 Å². The standard InChI is InChI=1S/C22H29N5O4/c1-4-26-20(24-27(22(26)29)11-12-30-2)15-7-9-25(10-8-15)21(28)19-13-16-5-6-17(31-3)14-18(16)23-19/h5-6,13-15,23H,4,7-12H2,1-3H3. The number of nitrogens with zero attached hydrogens (tertiary/aromatic N) is 4. The van der Waals surface area contributed by atoms with E-state index in [0.29, 0.717) is 38.5 Å². The van der Waals surface area contributed by atoms with Crippen LogP contribution in [0.15, 0.2) is 29.1 Å². The van der Waals surface area contributed by atoms with Gasteiger partial charge in [-0.3, -0.25) is 9.36 Å². The highest BCUT2D eigenvalue weighted by molar-refractivity contribution is 5.98. The summed E-state index contributed by atoms with van der Waals surface area (Å²) in [5.41, 5.74) is 1.36. The highest BCUT2D eigenvalue weighted by Gasteiger charge is 2.29. The summed E-state index contributed by atoms with van der Waals surface area (Å²) in [6.45, 7) is 4.69. The predicted molar refractivity (Wildman–Crippen MR) is 117 cm³/mol. The number of methoxy groups -OCH3 is 2. The summed E-state index contributed by atoms with van der Waals surface area (Å²) >= 11 is 0. The molecule has 0 bridgehead atoms. The van der Waals surface area contributed by atoms with E-state index in [9.17, 15) is 9.59 Å². The maximum atomic E-state index is 13.0. The van der Waals surface area contributed by atoms with Crippen LogP contribution in [0.3, 0.4) is 0 Å². The number of rotatable bonds is 7. The predicted octanol–water partition coefficient (Wildman–Crippen LogP) is 2.22. The number of hydrogen-bond donors (Lipinski definition) is 1. The van der Waals surface area contributed by atoms with E-state index < -0.39 is 0 Å². The molecule has 166 valence electrons. The van der Waals surface area contributed by atoms with E-state index in [0.717, 1.165) is 35.3 Å². The first kappa shape index (κ1) is 21.2. The smallest absolute Gasteiger partial charge is 0.345 e. The number of ether oxygens (including phenoxy) is 2. The molecule has 0 spiro atoms. The lowest BCUT2D eigenvalue weighted by atomic mass is 9.95. The number of benzene rings is 1. The topological polar surface area (TPSA) is 94.4 Å². The van der Waals surface area contributed by atoms with Crippen molar-refractivity contribution in [3.8, 4) is 5.75 Å². The lowest BCUT2D eigenvalue weighted by Crippen LogP contribution is -2.38. The van der Waals surface area contributed by atoms with Crippen molar-refractivity contribution in [2.24, 2.45) is 0 Å². The molecular formula is C22H29N5O4. The Balaban J connectivity index is 1.46. The van der Waals surface area contributed by atoms with E-state index in [1.807, 2.05) is 36.1 Å². The monoisotopic (exact) mass is 427 g/mol. The van der Waals surface area contributed by atoms with Crippen molar-refractivity contribution in [2.45, 2.75) is 38.8 Å². The Kier molecular flexibility index (Phi) is 6.13. The van der Waals surface area contributed by atoms with Gasteiger partial charge in [0.25, 0.3) is 5.91 Å². The van der Waals surface area contributed by atoms with Crippen molar-refractivity contribution in [2.75, 3.05) is 33.9 Å². The summed E-state index contributed by atoms with van der Waals surface area (Å²) in [4.78, 5) is 30.7. The molecule has 1 aliphatic heterocycles. The number of likely N-dealkylation sites (tertiary alicyclic amines) is 1. The van der Waals surface area contributed by atoms with Crippen LogP contribution in [0.5, 0.6) is 5.75 Å². The summed E-state index contributed by atoms with van der Waals surface area (Å²) in [5, 5.41) is 5.56. The number of carbonyl (C=O) groups excluding carboxylic acids is 1. The van der Waals surface area contributed by atoms with Gasteiger partial charge in [-0.05, 0) is 38.0 Å². The van der Waals surface area contributed by atoms with Gasteiger partial charge in [0.15, 0.2) is 0 Å². The summed E-state index contributed by atoms with van der Waals surface area (Å²) in [6, 6.07) is 7.60. The normalized spacial score (nSPS) is 15.0. The molecule has 0 atom stereocenters. The summed E-state index contributed by atoms with van der Waals surface area (Å²) < 4.78 is 13.6. The highest BCUT2D eigenvalue weighted by Crippen LogP contribution is 2.28. The number of H-pyrrole nitrogens is 1. The van der Waals surface area contributed by atoms with Gasteiger partial charge in [0.2, 0.25) is 0 Å². The molecule has 1 aromatic carbocycles. The van der Waals surface area contributed by atoms with Gasteiger partial charge < -0.3 is 19.4 Å². The van der Waals surface area contributed by atoms with Crippen LogP contribution in [-0.4, -0.2) is 64.1 Å². The van der Waals surface area contributed by atoms with Crippen LogP contribution in [0.2, 0.25) is 0 Å². The van der Waals surface area contributed by atoms with Crippen LogP contribution in [0.25, 0.3) is 10.9 Å². The molecule has 3 heterocycles. The van der Waals surface area contributed by atoms with Crippen molar-refractivity contribution >= 4 is 16.8 Å². The zero-order chi connectivity index (χ0) is 22.0. The molecule has 3 aromatic rings. The third-order valence-electron chi connectivity index (χ3n) is 5.98. The van der Waals surface area contributed by atoms with Crippen LogP contribution in [-0.2, 0) is 17.8 Å². The fraction of sp³-hybridized carbons (Fsp3) is 0.500. The largest absolute Gasteiger partial charge is 0.497 e. The maximum absolute atomic E-state index is 13.0. The quantitative estimate of drug-likeness (QED) is 0.624. The molecule has 2 aromatic heterocycles. The van der Waals surface area contributed by atoms with Crippen molar-refractivity contribution < 1.29 is 14.3 Å². The summed E-state index contributed by atoms with van der Waals surface area (Å²) in [7, 11) is 3.23. The fourth-order valence-electron chi connectivity index (χ4n) is 4.24. The molecule has 9 nitrogen and oxygen atoms in total. The van der Waals surface area contributed by atoms with Gasteiger partial charge in [-0.25, -0.2) is 9.48 Å². The lowest BCUT2D eigenvalue weighted by molar-refractivity contribution is 0.0705. The number of aromatic nitrogens is 4. The van der Waals surface area contributed by atoms with Gasteiger partial charge in [-0.1, -0.05) is 0 Å². The Bertz CT molecular complexity index is 1120. The number of fused-ring (bicyclic) bond motifs is 1. The fourth-order valence-corrected chi connectivity index (χ4v) is 4.24. The molecule has 1 N–H and O–H groups in total. The summed E-state index contributed by atoms with van der Waals surface area (Å²) in [5.74, 6) is 1.72. The van der Waals surface area contributed by atoms with Gasteiger partial charge in [0, 0.05) is 49.6 Å². The highest BCUT2D eigenvalue weighted by atomic mass is 16.5. The van der Waals surface area contributed by atoms with E-state index in [-0.39, 0.29) is 17.5 Å². The molecule has 1 saturated heterocycles. The van der Waals surface area contributed by atoms with Crippen LogP contribution >= 0.6 is 0 Å². The van der Waals surface area contributed by atoms with E-state index in [1.54, 1.807) is 18.8 Å². The van der Waals surface area contributed by atoms with Gasteiger partial charge in [-0.15, -0.1) is 0 Å². The van der Waals surface area contributed by atoms with E-state index >= 15 is 0 Å². The average molecular weight is 428 g/mol. The SMILES string of the molecule is CCn1c(C2CCN(C(=O)c3cc4ccc(OC)cc4[nH]3)CC2)nn(CCOC)c1=O. The average Bonchev–Trinajstić information content (AvgIpc) is 3.37. The zero-order valence-corrected chi connectivity index (χ0v) is 18.3. The van der Waals surface area contributed by atoms with Crippen LogP contribution in [0.1, 0.15) is 42.0 Å². The Morgan fingerprint density at radius 2 is 2.00 bits per heavy atom. The van der Waals surface area contributed by atoms with E-state index in [1.165, 1.54) is 4.68 Å². The molecule has 1 amide bonds. The molecular weight excluding hydrogens is 398 g/mol. The number of hydrogen-bond acceptors (Lipinski definition) is 5. The van der Waals surface area contributed by atoms with Crippen molar-refractivity contribution in [1.82, 2.24) is 24.2 Å². The first-order valence-corrected chi connectivity index (χ1v) is 10.7. The molecule has 9 heteroatoms. The minimum Gasteiger partial charge on any atom is -0.497 e. The molecule has 0 aliphatic carbocycles. The Morgan fingerprint density at radius 1 is 1.23 bits per heavy atom. The number of carbonyl (C=O) groups is 1. The van der Waals surface area contributed by atoms with Crippen molar-refractivity contribution in [3.05, 3.63) is 46.3 Å². The van der Waals surface area contributed by atoms with Crippen LogP contribution in [0, 0.1) is 0 Å². The van der Waals surface area contributed by atoms with Gasteiger partial charge >= 0.3 is 5.69 Å². The molecule has 31 heavy (non-hydrogen) atoms. The number of aromatic amines is 1. The molecule has 4 rings (SSSR count). The molecule has 0 unspecified atom stereocenters. The Morgan fingerprint density at radius 3 is 2.68 bits per heavy atom. The van der Waals surface area contributed by atoms with Gasteiger partial charge in [-0.2, -0.15) is 5.10 Å². The molecule has 0 radical (unpaired) electrons. The molecule has 0 saturated carbocycles. The van der Waals surface area contributed by atoms with Crippen LogP contribution < -0.4 is 10.4 Å². The van der Waals surface area contributed by atoms with Gasteiger partial charge in [0.05, 0.1) is 20.3 Å². The first-order chi connectivity index (χ1) is 15.0. The second-order valence-corrected chi connectivity index (χ2v) is 7.80. The van der Waals surface area contributed by atoms with E-state index in [2.05, 4.69) is 10.1 Å².